The number of carbonyl (C=O) groups is 1. The molecule has 1 N–H and O–H groups in total. The predicted molar refractivity (Wildman–Crippen MR) is 49.9 cm³/mol. The van der Waals surface area contributed by atoms with Crippen LogP contribution < -0.4 is 5.32 Å². The third-order valence-corrected chi connectivity index (χ3v) is 2.21. The van der Waals surface area contributed by atoms with Crippen molar-refractivity contribution in [1.29, 1.82) is 0 Å². The van der Waals surface area contributed by atoms with Crippen LogP contribution in [0.2, 0.25) is 0 Å². The first-order valence-corrected chi connectivity index (χ1v) is 4.75. The fourth-order valence-electron chi connectivity index (χ4n) is 1.57. The van der Waals surface area contributed by atoms with E-state index in [0.717, 1.165) is 25.3 Å². The molecule has 0 aromatic carbocycles. The monoisotopic (exact) mass is 195 g/mol. The molecule has 5 nitrogen and oxygen atoms in total. The topological polar surface area (TPSA) is 56.1 Å². The first-order chi connectivity index (χ1) is 6.83. The summed E-state index contributed by atoms with van der Waals surface area (Å²) in [4.78, 5) is 15.5. The van der Waals surface area contributed by atoms with E-state index in [4.69, 9.17) is 4.74 Å². The molecule has 1 aromatic heterocycles. The lowest BCUT2D eigenvalue weighted by Crippen LogP contribution is -2.29. The van der Waals surface area contributed by atoms with Crippen LogP contribution in [-0.4, -0.2) is 28.7 Å². The van der Waals surface area contributed by atoms with Gasteiger partial charge in [0.15, 0.2) is 0 Å². The van der Waals surface area contributed by atoms with Crippen molar-refractivity contribution in [3.05, 3.63) is 17.7 Å². The van der Waals surface area contributed by atoms with Crippen LogP contribution >= 0.6 is 0 Å². The lowest BCUT2D eigenvalue weighted by Gasteiger charge is -2.16. The minimum atomic E-state index is -0.333. The maximum Gasteiger partial charge on any atom is 0.374 e. The van der Waals surface area contributed by atoms with Crippen molar-refractivity contribution >= 4 is 5.97 Å². The van der Waals surface area contributed by atoms with Gasteiger partial charge >= 0.3 is 5.97 Å². The maximum atomic E-state index is 11.5. The molecule has 1 aliphatic heterocycles. The Hall–Kier alpha value is -1.36. The van der Waals surface area contributed by atoms with E-state index in [2.05, 4.69) is 10.3 Å². The van der Waals surface area contributed by atoms with E-state index in [9.17, 15) is 4.79 Å². The summed E-state index contributed by atoms with van der Waals surface area (Å²) < 4.78 is 6.82. The number of nitrogens with zero attached hydrogens (tertiary/aromatic N) is 2. The Balaban J connectivity index is 2.25. The number of nitrogens with one attached hydrogen (secondary N) is 1. The molecule has 0 saturated carbocycles. The van der Waals surface area contributed by atoms with Gasteiger partial charge in [-0.25, -0.2) is 9.78 Å². The second kappa shape index (κ2) is 3.79. The first-order valence-electron chi connectivity index (χ1n) is 4.75. The molecule has 14 heavy (non-hydrogen) atoms. The Morgan fingerprint density at radius 3 is 3.43 bits per heavy atom. The minimum Gasteiger partial charge on any atom is -0.460 e. The Bertz CT molecular complexity index is 346. The van der Waals surface area contributed by atoms with E-state index in [1.165, 1.54) is 0 Å². The van der Waals surface area contributed by atoms with E-state index in [0.29, 0.717) is 12.4 Å². The Morgan fingerprint density at radius 1 is 1.79 bits per heavy atom. The van der Waals surface area contributed by atoms with E-state index in [1.54, 1.807) is 13.1 Å². The second-order valence-corrected chi connectivity index (χ2v) is 3.12. The Kier molecular flexibility index (Phi) is 2.49. The van der Waals surface area contributed by atoms with Crippen LogP contribution in [0.25, 0.3) is 0 Å². The van der Waals surface area contributed by atoms with Gasteiger partial charge in [0.1, 0.15) is 0 Å². The number of hydrogen-bond acceptors (Lipinski definition) is 4. The number of hydrogen-bond donors (Lipinski definition) is 1. The largest absolute Gasteiger partial charge is 0.460 e. The molecule has 0 spiro atoms. The van der Waals surface area contributed by atoms with E-state index in [-0.39, 0.29) is 5.97 Å². The summed E-state index contributed by atoms with van der Waals surface area (Å²) >= 11 is 0. The van der Waals surface area contributed by atoms with Gasteiger partial charge < -0.3 is 14.6 Å². The standard InChI is InChI=1S/C9H13N3O2/c1-2-14-9(13)8-11-6-7-5-10-3-4-12(7)8/h6,10H,2-5H2,1H3. The molecule has 2 heterocycles. The summed E-state index contributed by atoms with van der Waals surface area (Å²) in [6.45, 7) is 4.60. The summed E-state index contributed by atoms with van der Waals surface area (Å²) in [6, 6.07) is 0. The lowest BCUT2D eigenvalue weighted by molar-refractivity contribution is 0.0505. The van der Waals surface area contributed by atoms with Gasteiger partial charge in [-0.2, -0.15) is 0 Å². The van der Waals surface area contributed by atoms with Gasteiger partial charge in [0.2, 0.25) is 5.82 Å². The SMILES string of the molecule is CCOC(=O)c1ncc2n1CCNC2. The number of esters is 1. The highest BCUT2D eigenvalue weighted by Gasteiger charge is 2.19. The van der Waals surface area contributed by atoms with Crippen LogP contribution in [0.5, 0.6) is 0 Å². The fraction of sp³-hybridized carbons (Fsp3) is 0.556. The number of aromatic nitrogens is 2. The van der Waals surface area contributed by atoms with Crippen molar-refractivity contribution in [2.24, 2.45) is 0 Å². The molecule has 0 aliphatic carbocycles. The summed E-state index contributed by atoms with van der Waals surface area (Å²) in [7, 11) is 0. The summed E-state index contributed by atoms with van der Waals surface area (Å²) in [6.07, 6.45) is 1.72. The van der Waals surface area contributed by atoms with Gasteiger partial charge in [-0.1, -0.05) is 0 Å². The van der Waals surface area contributed by atoms with Gasteiger partial charge in [-0.15, -0.1) is 0 Å². The van der Waals surface area contributed by atoms with Gasteiger partial charge in [0.05, 0.1) is 18.5 Å². The zero-order chi connectivity index (χ0) is 9.97. The van der Waals surface area contributed by atoms with Crippen molar-refractivity contribution in [3.8, 4) is 0 Å². The van der Waals surface area contributed by atoms with E-state index < -0.39 is 0 Å². The highest BCUT2D eigenvalue weighted by Crippen LogP contribution is 2.09. The quantitative estimate of drug-likeness (QED) is 0.683. The van der Waals surface area contributed by atoms with E-state index in [1.807, 2.05) is 4.57 Å². The molecular weight excluding hydrogens is 182 g/mol. The first kappa shape index (κ1) is 9.21. The third kappa shape index (κ3) is 1.50. The van der Waals surface area contributed by atoms with Gasteiger partial charge in [0.25, 0.3) is 0 Å². The average molecular weight is 195 g/mol. The maximum absolute atomic E-state index is 11.5. The molecule has 5 heteroatoms. The minimum absolute atomic E-state index is 0.333. The number of imidazole rings is 1. The summed E-state index contributed by atoms with van der Waals surface area (Å²) in [5.74, 6) is 0.0870. The molecule has 76 valence electrons. The molecule has 0 amide bonds. The number of rotatable bonds is 2. The zero-order valence-corrected chi connectivity index (χ0v) is 8.12. The molecular formula is C9H13N3O2. The van der Waals surface area contributed by atoms with Crippen LogP contribution in [0.1, 0.15) is 23.2 Å². The molecule has 1 aliphatic rings. The molecule has 2 rings (SSSR count). The fourth-order valence-corrected chi connectivity index (χ4v) is 1.57. The van der Waals surface area contributed by atoms with Crippen molar-refractivity contribution in [2.75, 3.05) is 13.2 Å². The van der Waals surface area contributed by atoms with Crippen molar-refractivity contribution in [1.82, 2.24) is 14.9 Å². The molecule has 1 aromatic rings. The van der Waals surface area contributed by atoms with Gasteiger partial charge in [-0.3, -0.25) is 0 Å². The van der Waals surface area contributed by atoms with Crippen LogP contribution in [0.15, 0.2) is 6.20 Å². The molecule has 0 saturated heterocycles. The smallest absolute Gasteiger partial charge is 0.374 e. The van der Waals surface area contributed by atoms with Crippen LogP contribution in [-0.2, 0) is 17.8 Å². The zero-order valence-electron chi connectivity index (χ0n) is 8.12. The lowest BCUT2D eigenvalue weighted by atomic mass is 10.3. The van der Waals surface area contributed by atoms with Crippen molar-refractivity contribution < 1.29 is 9.53 Å². The highest BCUT2D eigenvalue weighted by molar-refractivity contribution is 5.85. The van der Waals surface area contributed by atoms with Crippen molar-refractivity contribution in [2.45, 2.75) is 20.0 Å². The average Bonchev–Trinajstić information content (AvgIpc) is 2.61. The Morgan fingerprint density at radius 2 is 2.64 bits per heavy atom. The molecule has 0 fully saturated rings. The highest BCUT2D eigenvalue weighted by atomic mass is 16.5. The molecule has 0 unspecified atom stereocenters. The summed E-state index contributed by atoms with van der Waals surface area (Å²) in [5.41, 5.74) is 1.04. The van der Waals surface area contributed by atoms with Gasteiger partial charge in [-0.05, 0) is 6.92 Å². The van der Waals surface area contributed by atoms with E-state index >= 15 is 0 Å². The van der Waals surface area contributed by atoms with Crippen molar-refractivity contribution in [3.63, 3.8) is 0 Å². The summed E-state index contributed by atoms with van der Waals surface area (Å²) in [5, 5.41) is 3.21. The molecule has 0 bridgehead atoms. The number of ether oxygens (including phenoxy) is 1. The number of carbonyl (C=O) groups excluding carboxylic acids is 1. The second-order valence-electron chi connectivity index (χ2n) is 3.12. The van der Waals surface area contributed by atoms with Crippen LogP contribution in [0, 0.1) is 0 Å². The molecule has 0 atom stereocenters. The molecule has 0 radical (unpaired) electrons. The van der Waals surface area contributed by atoms with Gasteiger partial charge in [0, 0.05) is 19.6 Å². The predicted octanol–water partition coefficient (Wildman–Crippen LogP) is 0.163. The van der Waals surface area contributed by atoms with Crippen LogP contribution in [0.4, 0.5) is 0 Å². The number of fused-ring (bicyclic) bond motifs is 1. The van der Waals surface area contributed by atoms with Crippen LogP contribution in [0.3, 0.4) is 0 Å². The normalized spacial score (nSPS) is 14.9. The third-order valence-electron chi connectivity index (χ3n) is 2.21. The Labute approximate surface area is 82.1 Å².